The van der Waals surface area contributed by atoms with E-state index in [1.54, 1.807) is 7.11 Å². The van der Waals surface area contributed by atoms with Crippen LogP contribution in [0.1, 0.15) is 43.9 Å². The van der Waals surface area contributed by atoms with Gasteiger partial charge in [0.25, 0.3) is 0 Å². The lowest BCUT2D eigenvalue weighted by Crippen LogP contribution is -2.42. The molecule has 0 spiro atoms. The van der Waals surface area contributed by atoms with Crippen molar-refractivity contribution < 1.29 is 4.74 Å². The van der Waals surface area contributed by atoms with Gasteiger partial charge < -0.3 is 10.5 Å². The Bertz CT molecular complexity index is 442. The predicted molar refractivity (Wildman–Crippen MR) is 79.5 cm³/mol. The van der Waals surface area contributed by atoms with Crippen LogP contribution in [0, 0.1) is 6.92 Å². The van der Waals surface area contributed by atoms with Gasteiger partial charge in [-0.3, -0.25) is 4.90 Å². The van der Waals surface area contributed by atoms with E-state index in [0.29, 0.717) is 0 Å². The summed E-state index contributed by atoms with van der Waals surface area (Å²) >= 11 is 0. The lowest BCUT2D eigenvalue weighted by molar-refractivity contribution is 0.164. The molecule has 3 nitrogen and oxygen atoms in total. The van der Waals surface area contributed by atoms with Crippen LogP contribution in [0.15, 0.2) is 18.2 Å². The summed E-state index contributed by atoms with van der Waals surface area (Å²) in [4.78, 5) is 2.50. The molecule has 0 amide bonds. The van der Waals surface area contributed by atoms with Crippen molar-refractivity contribution >= 4 is 0 Å². The van der Waals surface area contributed by atoms with Crippen LogP contribution in [-0.2, 0) is 0 Å². The predicted octanol–water partition coefficient (Wildman–Crippen LogP) is 2.88. The third-order valence-electron chi connectivity index (χ3n) is 4.27. The molecule has 0 radical (unpaired) electrons. The Morgan fingerprint density at radius 2 is 2.16 bits per heavy atom. The number of aryl methyl sites for hydroxylation is 1. The molecule has 0 aromatic heterocycles. The first kappa shape index (κ1) is 14.4. The first-order valence-electron chi connectivity index (χ1n) is 7.09. The summed E-state index contributed by atoms with van der Waals surface area (Å²) in [6.45, 7) is 8.75. The van der Waals surface area contributed by atoms with Gasteiger partial charge in [0.2, 0.25) is 0 Å². The monoisotopic (exact) mass is 262 g/mol. The van der Waals surface area contributed by atoms with E-state index >= 15 is 0 Å². The summed E-state index contributed by atoms with van der Waals surface area (Å²) in [5, 5.41) is 0. The van der Waals surface area contributed by atoms with Gasteiger partial charge in [-0.15, -0.1) is 0 Å². The van der Waals surface area contributed by atoms with E-state index in [0.717, 1.165) is 24.4 Å². The SMILES string of the molecule is COc1ccc(C)cc1C(N)CN1CCCC1(C)C. The molecule has 1 heterocycles. The van der Waals surface area contributed by atoms with Gasteiger partial charge in [0.1, 0.15) is 5.75 Å². The molecule has 1 atom stereocenters. The van der Waals surface area contributed by atoms with Crippen molar-refractivity contribution in [1.82, 2.24) is 4.90 Å². The first-order chi connectivity index (χ1) is 8.94. The van der Waals surface area contributed by atoms with E-state index in [1.807, 2.05) is 6.07 Å². The number of benzene rings is 1. The number of likely N-dealkylation sites (tertiary alicyclic amines) is 1. The number of hydrogen-bond donors (Lipinski definition) is 1. The van der Waals surface area contributed by atoms with Gasteiger partial charge >= 0.3 is 0 Å². The maximum absolute atomic E-state index is 6.42. The molecule has 0 aliphatic carbocycles. The van der Waals surface area contributed by atoms with E-state index in [-0.39, 0.29) is 11.6 Å². The maximum atomic E-state index is 6.42. The zero-order valence-electron chi connectivity index (χ0n) is 12.6. The van der Waals surface area contributed by atoms with E-state index in [4.69, 9.17) is 10.5 Å². The molecule has 19 heavy (non-hydrogen) atoms. The van der Waals surface area contributed by atoms with E-state index in [1.165, 1.54) is 18.4 Å². The zero-order valence-corrected chi connectivity index (χ0v) is 12.6. The number of ether oxygens (including phenoxy) is 1. The fourth-order valence-electron chi connectivity index (χ4n) is 2.98. The van der Waals surface area contributed by atoms with Gasteiger partial charge in [-0.1, -0.05) is 17.7 Å². The van der Waals surface area contributed by atoms with Crippen LogP contribution < -0.4 is 10.5 Å². The number of rotatable bonds is 4. The Morgan fingerprint density at radius 3 is 2.74 bits per heavy atom. The highest BCUT2D eigenvalue weighted by Crippen LogP contribution is 2.32. The number of hydrogen-bond acceptors (Lipinski definition) is 3. The second kappa shape index (κ2) is 5.51. The fraction of sp³-hybridized carbons (Fsp3) is 0.625. The van der Waals surface area contributed by atoms with Crippen molar-refractivity contribution in [2.75, 3.05) is 20.2 Å². The summed E-state index contributed by atoms with van der Waals surface area (Å²) < 4.78 is 5.44. The molecule has 0 bridgehead atoms. The Hall–Kier alpha value is -1.06. The highest BCUT2D eigenvalue weighted by atomic mass is 16.5. The number of nitrogens with two attached hydrogens (primary N) is 1. The highest BCUT2D eigenvalue weighted by Gasteiger charge is 2.33. The van der Waals surface area contributed by atoms with Crippen molar-refractivity contribution in [2.24, 2.45) is 5.73 Å². The Labute approximate surface area is 116 Å². The first-order valence-corrected chi connectivity index (χ1v) is 7.09. The average Bonchev–Trinajstić information content (AvgIpc) is 2.68. The molecule has 1 unspecified atom stereocenters. The molecule has 106 valence electrons. The molecule has 2 N–H and O–H groups in total. The van der Waals surface area contributed by atoms with Crippen molar-refractivity contribution in [1.29, 1.82) is 0 Å². The molecular weight excluding hydrogens is 236 g/mol. The third-order valence-corrected chi connectivity index (χ3v) is 4.27. The lowest BCUT2D eigenvalue weighted by atomic mass is 9.99. The van der Waals surface area contributed by atoms with Gasteiger partial charge in [0.05, 0.1) is 7.11 Å². The summed E-state index contributed by atoms with van der Waals surface area (Å²) in [5.74, 6) is 0.898. The number of nitrogens with zero attached hydrogens (tertiary/aromatic N) is 1. The second-order valence-corrected chi connectivity index (χ2v) is 6.21. The quantitative estimate of drug-likeness (QED) is 0.906. The van der Waals surface area contributed by atoms with Crippen molar-refractivity contribution in [3.8, 4) is 5.75 Å². The fourth-order valence-corrected chi connectivity index (χ4v) is 2.98. The summed E-state index contributed by atoms with van der Waals surface area (Å²) in [5.41, 5.74) is 9.04. The summed E-state index contributed by atoms with van der Waals surface area (Å²) in [6.07, 6.45) is 2.52. The molecule has 1 saturated heterocycles. The summed E-state index contributed by atoms with van der Waals surface area (Å²) in [7, 11) is 1.71. The van der Waals surface area contributed by atoms with Crippen LogP contribution in [0.3, 0.4) is 0 Å². The standard InChI is InChI=1S/C16H26N2O/c1-12-6-7-15(19-4)13(10-12)14(17)11-18-9-5-8-16(18,2)3/h6-7,10,14H,5,8-9,11,17H2,1-4H3. The van der Waals surface area contributed by atoms with E-state index in [9.17, 15) is 0 Å². The maximum Gasteiger partial charge on any atom is 0.123 e. The van der Waals surface area contributed by atoms with Crippen LogP contribution in [-0.4, -0.2) is 30.6 Å². The van der Waals surface area contributed by atoms with Gasteiger partial charge in [0.15, 0.2) is 0 Å². The molecular formula is C16H26N2O. The molecule has 2 rings (SSSR count). The Kier molecular flexibility index (Phi) is 4.16. The molecule has 1 aromatic rings. The van der Waals surface area contributed by atoms with Gasteiger partial charge in [-0.2, -0.15) is 0 Å². The van der Waals surface area contributed by atoms with Crippen LogP contribution in [0.2, 0.25) is 0 Å². The van der Waals surface area contributed by atoms with E-state index in [2.05, 4.69) is 37.8 Å². The van der Waals surface area contributed by atoms with Gasteiger partial charge in [-0.05, 0) is 46.2 Å². The number of methoxy groups -OCH3 is 1. The molecule has 1 aliphatic heterocycles. The van der Waals surface area contributed by atoms with Crippen LogP contribution >= 0.6 is 0 Å². The molecule has 0 saturated carbocycles. The topological polar surface area (TPSA) is 38.5 Å². The summed E-state index contributed by atoms with van der Waals surface area (Å²) in [6, 6.07) is 6.23. The molecule has 3 heteroatoms. The van der Waals surface area contributed by atoms with Crippen LogP contribution in [0.25, 0.3) is 0 Å². The minimum Gasteiger partial charge on any atom is -0.496 e. The van der Waals surface area contributed by atoms with Crippen LogP contribution in [0.4, 0.5) is 0 Å². The molecule has 1 fully saturated rings. The second-order valence-electron chi connectivity index (χ2n) is 6.21. The minimum absolute atomic E-state index is 0.00669. The normalized spacial score (nSPS) is 20.5. The largest absolute Gasteiger partial charge is 0.496 e. The minimum atomic E-state index is 0.00669. The van der Waals surface area contributed by atoms with Gasteiger partial charge in [0, 0.05) is 23.7 Å². The average molecular weight is 262 g/mol. The van der Waals surface area contributed by atoms with Crippen molar-refractivity contribution in [3.63, 3.8) is 0 Å². The Balaban J connectivity index is 2.15. The Morgan fingerprint density at radius 1 is 1.42 bits per heavy atom. The smallest absolute Gasteiger partial charge is 0.123 e. The van der Waals surface area contributed by atoms with Crippen molar-refractivity contribution in [3.05, 3.63) is 29.3 Å². The van der Waals surface area contributed by atoms with Crippen molar-refractivity contribution in [2.45, 2.75) is 45.2 Å². The zero-order chi connectivity index (χ0) is 14.0. The van der Waals surface area contributed by atoms with Crippen LogP contribution in [0.5, 0.6) is 5.75 Å². The lowest BCUT2D eigenvalue weighted by Gasteiger charge is -2.34. The third kappa shape index (κ3) is 3.10. The van der Waals surface area contributed by atoms with Gasteiger partial charge in [-0.25, -0.2) is 0 Å². The highest BCUT2D eigenvalue weighted by molar-refractivity contribution is 5.39. The molecule has 1 aromatic carbocycles. The molecule has 1 aliphatic rings. The van der Waals surface area contributed by atoms with E-state index < -0.39 is 0 Å².